The largest absolute Gasteiger partial charge is 0.396 e. The molecule has 0 fully saturated rings. The lowest BCUT2D eigenvalue weighted by molar-refractivity contribution is 0.0790. The van der Waals surface area contributed by atoms with Gasteiger partial charge in [0.2, 0.25) is 0 Å². The molecule has 0 aromatic heterocycles. The summed E-state index contributed by atoms with van der Waals surface area (Å²) in [4.78, 5) is 0. The van der Waals surface area contributed by atoms with Gasteiger partial charge in [-0.05, 0) is 27.2 Å². The van der Waals surface area contributed by atoms with E-state index in [0.29, 0.717) is 12.1 Å². The van der Waals surface area contributed by atoms with Gasteiger partial charge in [0.05, 0.1) is 12.7 Å². The lowest BCUT2D eigenvalue weighted by Gasteiger charge is -2.13. The zero-order chi connectivity index (χ0) is 9.40. The van der Waals surface area contributed by atoms with E-state index in [1.165, 1.54) is 0 Å². The molecular formula is C9H21NO2. The molecule has 0 aliphatic rings. The first-order chi connectivity index (χ1) is 5.66. The molecule has 0 aromatic rings. The third kappa shape index (κ3) is 7.98. The van der Waals surface area contributed by atoms with Crippen LogP contribution in [0.5, 0.6) is 0 Å². The van der Waals surface area contributed by atoms with Crippen molar-refractivity contribution in [1.29, 1.82) is 0 Å². The number of aliphatic hydroxyl groups excluding tert-OH is 1. The SMILES string of the molecule is CC(CCO)NCCOC(C)C. The van der Waals surface area contributed by atoms with Gasteiger partial charge in [0.25, 0.3) is 0 Å². The van der Waals surface area contributed by atoms with Crippen LogP contribution in [0.2, 0.25) is 0 Å². The molecule has 12 heavy (non-hydrogen) atoms. The smallest absolute Gasteiger partial charge is 0.0594 e. The Balaban J connectivity index is 3.08. The Morgan fingerprint density at radius 2 is 2.00 bits per heavy atom. The molecule has 0 spiro atoms. The summed E-state index contributed by atoms with van der Waals surface area (Å²) in [5.74, 6) is 0. The zero-order valence-electron chi connectivity index (χ0n) is 8.34. The van der Waals surface area contributed by atoms with Crippen LogP contribution in [0.1, 0.15) is 27.2 Å². The second-order valence-corrected chi connectivity index (χ2v) is 3.29. The van der Waals surface area contributed by atoms with Gasteiger partial charge < -0.3 is 15.2 Å². The second kappa shape index (κ2) is 7.53. The summed E-state index contributed by atoms with van der Waals surface area (Å²) in [6, 6.07) is 0.380. The van der Waals surface area contributed by atoms with Gasteiger partial charge in [-0.2, -0.15) is 0 Å². The van der Waals surface area contributed by atoms with Crippen molar-refractivity contribution in [2.45, 2.75) is 39.3 Å². The summed E-state index contributed by atoms with van der Waals surface area (Å²) in [5, 5.41) is 11.9. The van der Waals surface area contributed by atoms with E-state index in [9.17, 15) is 0 Å². The van der Waals surface area contributed by atoms with Crippen molar-refractivity contribution in [2.75, 3.05) is 19.8 Å². The van der Waals surface area contributed by atoms with Crippen molar-refractivity contribution in [3.05, 3.63) is 0 Å². The minimum Gasteiger partial charge on any atom is -0.396 e. The first-order valence-corrected chi connectivity index (χ1v) is 4.62. The minimum absolute atomic E-state index is 0.249. The van der Waals surface area contributed by atoms with Gasteiger partial charge in [-0.15, -0.1) is 0 Å². The standard InChI is InChI=1S/C9H21NO2/c1-8(2)12-7-5-10-9(3)4-6-11/h8-11H,4-7H2,1-3H3. The highest BCUT2D eigenvalue weighted by molar-refractivity contribution is 4.58. The summed E-state index contributed by atoms with van der Waals surface area (Å²) in [7, 11) is 0. The lowest BCUT2D eigenvalue weighted by Crippen LogP contribution is -2.30. The summed E-state index contributed by atoms with van der Waals surface area (Å²) in [6.45, 7) is 7.96. The monoisotopic (exact) mass is 175 g/mol. The maximum Gasteiger partial charge on any atom is 0.0594 e. The predicted octanol–water partition coefficient (Wildman–Crippen LogP) is 0.772. The van der Waals surface area contributed by atoms with Crippen LogP contribution in [0.4, 0.5) is 0 Å². The zero-order valence-corrected chi connectivity index (χ0v) is 8.34. The molecule has 2 N–H and O–H groups in total. The maximum absolute atomic E-state index is 8.61. The minimum atomic E-state index is 0.249. The lowest BCUT2D eigenvalue weighted by atomic mass is 10.2. The number of hydrogen-bond acceptors (Lipinski definition) is 3. The second-order valence-electron chi connectivity index (χ2n) is 3.29. The van der Waals surface area contributed by atoms with Crippen LogP contribution in [0.3, 0.4) is 0 Å². The first kappa shape index (κ1) is 11.9. The van der Waals surface area contributed by atoms with Gasteiger partial charge >= 0.3 is 0 Å². The first-order valence-electron chi connectivity index (χ1n) is 4.62. The van der Waals surface area contributed by atoms with Gasteiger partial charge in [0, 0.05) is 19.2 Å². The van der Waals surface area contributed by atoms with E-state index < -0.39 is 0 Å². The van der Waals surface area contributed by atoms with Gasteiger partial charge in [-0.1, -0.05) is 0 Å². The normalized spacial score (nSPS) is 13.8. The molecule has 0 aromatic carbocycles. The highest BCUT2D eigenvalue weighted by Gasteiger charge is 1.99. The number of ether oxygens (including phenoxy) is 1. The van der Waals surface area contributed by atoms with Crippen molar-refractivity contribution in [3.63, 3.8) is 0 Å². The molecule has 0 amide bonds. The Hall–Kier alpha value is -0.120. The van der Waals surface area contributed by atoms with Gasteiger partial charge in [-0.3, -0.25) is 0 Å². The van der Waals surface area contributed by atoms with Crippen molar-refractivity contribution >= 4 is 0 Å². The molecule has 0 aliphatic carbocycles. The van der Waals surface area contributed by atoms with E-state index in [1.54, 1.807) is 0 Å². The topological polar surface area (TPSA) is 41.5 Å². The average Bonchev–Trinajstić information content (AvgIpc) is 1.98. The van der Waals surface area contributed by atoms with Crippen LogP contribution in [0.25, 0.3) is 0 Å². The highest BCUT2D eigenvalue weighted by atomic mass is 16.5. The molecule has 0 rings (SSSR count). The van der Waals surface area contributed by atoms with Crippen LogP contribution in [0.15, 0.2) is 0 Å². The van der Waals surface area contributed by atoms with Crippen LogP contribution in [0, 0.1) is 0 Å². The fourth-order valence-electron chi connectivity index (χ4n) is 0.896. The van der Waals surface area contributed by atoms with Gasteiger partial charge in [0.15, 0.2) is 0 Å². The van der Waals surface area contributed by atoms with Crippen LogP contribution in [-0.4, -0.2) is 37.0 Å². The van der Waals surface area contributed by atoms with E-state index in [0.717, 1.165) is 19.6 Å². The highest BCUT2D eigenvalue weighted by Crippen LogP contribution is 1.89. The quantitative estimate of drug-likeness (QED) is 0.562. The van der Waals surface area contributed by atoms with Crippen molar-refractivity contribution in [1.82, 2.24) is 5.32 Å². The Kier molecular flexibility index (Phi) is 7.45. The van der Waals surface area contributed by atoms with E-state index in [2.05, 4.69) is 12.2 Å². The number of aliphatic hydroxyl groups is 1. The number of rotatable bonds is 7. The van der Waals surface area contributed by atoms with E-state index in [4.69, 9.17) is 9.84 Å². The molecule has 0 aliphatic heterocycles. The van der Waals surface area contributed by atoms with E-state index in [1.807, 2.05) is 13.8 Å². The molecule has 0 heterocycles. The number of nitrogens with one attached hydrogen (secondary N) is 1. The molecule has 3 nitrogen and oxygen atoms in total. The molecule has 0 bridgehead atoms. The molecule has 1 atom stereocenters. The van der Waals surface area contributed by atoms with Crippen molar-refractivity contribution < 1.29 is 9.84 Å². The summed E-state index contributed by atoms with van der Waals surface area (Å²) in [5.41, 5.74) is 0. The average molecular weight is 175 g/mol. The Bertz CT molecular complexity index is 96.5. The summed E-state index contributed by atoms with van der Waals surface area (Å²) >= 11 is 0. The maximum atomic E-state index is 8.61. The van der Waals surface area contributed by atoms with E-state index >= 15 is 0 Å². The third-order valence-corrected chi connectivity index (χ3v) is 1.61. The third-order valence-electron chi connectivity index (χ3n) is 1.61. The fraction of sp³-hybridized carbons (Fsp3) is 1.00. The number of hydrogen-bond donors (Lipinski definition) is 2. The Labute approximate surface area is 75.1 Å². The van der Waals surface area contributed by atoms with Crippen LogP contribution in [-0.2, 0) is 4.74 Å². The van der Waals surface area contributed by atoms with Crippen LogP contribution >= 0.6 is 0 Å². The molecule has 0 radical (unpaired) electrons. The summed E-state index contributed by atoms with van der Waals surface area (Å²) in [6.07, 6.45) is 1.11. The molecule has 74 valence electrons. The Morgan fingerprint density at radius 1 is 1.33 bits per heavy atom. The van der Waals surface area contributed by atoms with Gasteiger partial charge in [0.1, 0.15) is 0 Å². The fourth-order valence-corrected chi connectivity index (χ4v) is 0.896. The van der Waals surface area contributed by atoms with Crippen molar-refractivity contribution in [2.24, 2.45) is 0 Å². The van der Waals surface area contributed by atoms with E-state index in [-0.39, 0.29) is 6.61 Å². The van der Waals surface area contributed by atoms with Crippen molar-refractivity contribution in [3.8, 4) is 0 Å². The van der Waals surface area contributed by atoms with Gasteiger partial charge in [-0.25, -0.2) is 0 Å². The Morgan fingerprint density at radius 3 is 2.50 bits per heavy atom. The molecular weight excluding hydrogens is 154 g/mol. The molecule has 0 saturated carbocycles. The molecule has 0 saturated heterocycles. The summed E-state index contributed by atoms with van der Waals surface area (Å²) < 4.78 is 5.35. The molecule has 3 heteroatoms. The van der Waals surface area contributed by atoms with Crippen LogP contribution < -0.4 is 5.32 Å². The predicted molar refractivity (Wildman–Crippen MR) is 50.3 cm³/mol. The molecule has 1 unspecified atom stereocenters.